The number of halogens is 4. The van der Waals surface area contributed by atoms with E-state index in [1.54, 1.807) is 17.0 Å². The van der Waals surface area contributed by atoms with Crippen LogP contribution >= 0.6 is 15.9 Å². The van der Waals surface area contributed by atoms with E-state index in [2.05, 4.69) is 15.9 Å². The fourth-order valence-electron chi connectivity index (χ4n) is 1.96. The van der Waals surface area contributed by atoms with Gasteiger partial charge in [-0.1, -0.05) is 6.07 Å². The molecule has 20 heavy (non-hydrogen) atoms. The second-order valence-corrected chi connectivity index (χ2v) is 5.17. The lowest BCUT2D eigenvalue weighted by Crippen LogP contribution is -2.23. The molecule has 5 heteroatoms. The third-order valence-corrected chi connectivity index (χ3v) is 3.66. The van der Waals surface area contributed by atoms with E-state index in [4.69, 9.17) is 0 Å². The molecule has 106 valence electrons. The fourth-order valence-corrected chi connectivity index (χ4v) is 2.33. The molecule has 0 saturated carbocycles. The number of rotatable bonds is 4. The van der Waals surface area contributed by atoms with Crippen molar-refractivity contribution in [1.29, 1.82) is 0 Å². The normalized spacial score (nSPS) is 10.7. The molecule has 0 aliphatic rings. The SMILES string of the molecule is CCN(Cc1c(F)ccc(Br)c1F)c1cccc(F)c1. The minimum atomic E-state index is -0.625. The molecule has 1 nitrogen and oxygen atoms in total. The summed E-state index contributed by atoms with van der Waals surface area (Å²) < 4.78 is 41.2. The molecule has 0 aliphatic heterocycles. The lowest BCUT2D eigenvalue weighted by Gasteiger charge is -2.24. The smallest absolute Gasteiger partial charge is 0.145 e. The van der Waals surface area contributed by atoms with Crippen LogP contribution < -0.4 is 4.90 Å². The Morgan fingerprint density at radius 1 is 1.10 bits per heavy atom. The minimum absolute atomic E-state index is 0.0366. The first-order valence-electron chi connectivity index (χ1n) is 6.15. The van der Waals surface area contributed by atoms with Crippen molar-refractivity contribution in [2.24, 2.45) is 0 Å². The maximum Gasteiger partial charge on any atom is 0.145 e. The summed E-state index contributed by atoms with van der Waals surface area (Å²) in [5, 5.41) is 0. The quantitative estimate of drug-likeness (QED) is 0.714. The van der Waals surface area contributed by atoms with Crippen molar-refractivity contribution in [2.75, 3.05) is 11.4 Å². The molecule has 0 aromatic heterocycles. The summed E-state index contributed by atoms with van der Waals surface area (Å²) in [4.78, 5) is 1.71. The lowest BCUT2D eigenvalue weighted by atomic mass is 10.1. The van der Waals surface area contributed by atoms with Crippen molar-refractivity contribution < 1.29 is 13.2 Å². The Bertz CT molecular complexity index is 616. The van der Waals surface area contributed by atoms with Crippen LogP contribution in [0.1, 0.15) is 12.5 Å². The van der Waals surface area contributed by atoms with Crippen molar-refractivity contribution in [3.05, 3.63) is 63.9 Å². The first-order valence-corrected chi connectivity index (χ1v) is 6.95. The molecule has 0 amide bonds. The first kappa shape index (κ1) is 14.9. The number of benzene rings is 2. The third kappa shape index (κ3) is 3.15. The molecule has 0 saturated heterocycles. The zero-order chi connectivity index (χ0) is 14.7. The van der Waals surface area contributed by atoms with E-state index in [0.717, 1.165) is 0 Å². The third-order valence-electron chi connectivity index (χ3n) is 3.04. The Labute approximate surface area is 124 Å². The Morgan fingerprint density at radius 3 is 2.50 bits per heavy atom. The number of nitrogens with zero attached hydrogens (tertiary/aromatic N) is 1. The molecule has 2 rings (SSSR count). The highest BCUT2D eigenvalue weighted by Gasteiger charge is 2.16. The molecule has 0 spiro atoms. The molecular formula is C15H13BrF3N. The van der Waals surface area contributed by atoms with Gasteiger partial charge in [0, 0.05) is 24.3 Å². The average molecular weight is 344 g/mol. The van der Waals surface area contributed by atoms with Crippen LogP contribution in [0.25, 0.3) is 0 Å². The highest BCUT2D eigenvalue weighted by atomic mass is 79.9. The van der Waals surface area contributed by atoms with Crippen molar-refractivity contribution in [1.82, 2.24) is 0 Å². The van der Waals surface area contributed by atoms with E-state index in [1.165, 1.54) is 24.3 Å². The second-order valence-electron chi connectivity index (χ2n) is 4.32. The topological polar surface area (TPSA) is 3.24 Å². The summed E-state index contributed by atoms with van der Waals surface area (Å²) in [5.74, 6) is -1.61. The van der Waals surface area contributed by atoms with Gasteiger partial charge in [-0.15, -0.1) is 0 Å². The lowest BCUT2D eigenvalue weighted by molar-refractivity contribution is 0.547. The number of hydrogen-bond donors (Lipinski definition) is 0. The molecule has 0 N–H and O–H groups in total. The highest BCUT2D eigenvalue weighted by Crippen LogP contribution is 2.25. The van der Waals surface area contributed by atoms with Crippen LogP contribution in [0.4, 0.5) is 18.9 Å². The van der Waals surface area contributed by atoms with Crippen LogP contribution in [0, 0.1) is 17.5 Å². The second kappa shape index (κ2) is 6.31. The zero-order valence-corrected chi connectivity index (χ0v) is 12.4. The van der Waals surface area contributed by atoms with Crippen molar-refractivity contribution >= 4 is 21.6 Å². The van der Waals surface area contributed by atoms with E-state index < -0.39 is 11.6 Å². The Hall–Kier alpha value is -1.49. The van der Waals surface area contributed by atoms with Gasteiger partial charge in [0.15, 0.2) is 0 Å². The summed E-state index contributed by atoms with van der Waals surface area (Å²) in [5.41, 5.74) is 0.553. The van der Waals surface area contributed by atoms with Gasteiger partial charge in [-0.3, -0.25) is 0 Å². The highest BCUT2D eigenvalue weighted by molar-refractivity contribution is 9.10. The Balaban J connectivity index is 2.34. The summed E-state index contributed by atoms with van der Waals surface area (Å²) in [6.45, 7) is 2.39. The van der Waals surface area contributed by atoms with Crippen molar-refractivity contribution in [3.8, 4) is 0 Å². The van der Waals surface area contributed by atoms with Gasteiger partial charge >= 0.3 is 0 Å². The molecule has 0 atom stereocenters. The predicted molar refractivity (Wildman–Crippen MR) is 77.2 cm³/mol. The van der Waals surface area contributed by atoms with E-state index in [-0.39, 0.29) is 22.4 Å². The van der Waals surface area contributed by atoms with E-state index in [0.29, 0.717) is 12.2 Å². The van der Waals surface area contributed by atoms with Crippen LogP contribution in [0.15, 0.2) is 40.9 Å². The molecule has 2 aromatic carbocycles. The van der Waals surface area contributed by atoms with Gasteiger partial charge in [0.1, 0.15) is 17.5 Å². The van der Waals surface area contributed by atoms with Gasteiger partial charge in [-0.2, -0.15) is 0 Å². The van der Waals surface area contributed by atoms with Gasteiger partial charge in [-0.25, -0.2) is 13.2 Å². The van der Waals surface area contributed by atoms with Crippen molar-refractivity contribution in [3.63, 3.8) is 0 Å². The van der Waals surface area contributed by atoms with Crippen LogP contribution in [0.5, 0.6) is 0 Å². The van der Waals surface area contributed by atoms with Crippen LogP contribution in [0.3, 0.4) is 0 Å². The molecule has 0 heterocycles. The first-order chi connectivity index (χ1) is 9.52. The Morgan fingerprint density at radius 2 is 1.85 bits per heavy atom. The molecule has 0 radical (unpaired) electrons. The predicted octanol–water partition coefficient (Wildman–Crippen LogP) is 4.89. The molecular weight excluding hydrogens is 331 g/mol. The van der Waals surface area contributed by atoms with Gasteiger partial charge in [0.05, 0.1) is 4.47 Å². The monoisotopic (exact) mass is 343 g/mol. The van der Waals surface area contributed by atoms with E-state index >= 15 is 0 Å². The standard InChI is InChI=1S/C15H13BrF3N/c1-2-20(11-5-3-4-10(17)8-11)9-12-14(18)7-6-13(16)15(12)19/h3-8H,2,9H2,1H3. The molecule has 2 aromatic rings. The number of hydrogen-bond acceptors (Lipinski definition) is 1. The molecule has 0 fully saturated rings. The van der Waals surface area contributed by atoms with Crippen LogP contribution in [0.2, 0.25) is 0 Å². The fraction of sp³-hybridized carbons (Fsp3) is 0.200. The van der Waals surface area contributed by atoms with E-state index in [1.807, 2.05) is 6.92 Å². The van der Waals surface area contributed by atoms with Crippen LogP contribution in [-0.2, 0) is 6.54 Å². The minimum Gasteiger partial charge on any atom is -0.367 e. The van der Waals surface area contributed by atoms with Crippen LogP contribution in [-0.4, -0.2) is 6.54 Å². The Kier molecular flexibility index (Phi) is 4.70. The van der Waals surface area contributed by atoms with Crippen molar-refractivity contribution in [2.45, 2.75) is 13.5 Å². The van der Waals surface area contributed by atoms with Gasteiger partial charge < -0.3 is 4.90 Å². The number of anilines is 1. The zero-order valence-electron chi connectivity index (χ0n) is 10.8. The average Bonchev–Trinajstić information content (AvgIpc) is 2.43. The molecule has 0 aliphatic carbocycles. The maximum atomic E-state index is 14.0. The van der Waals surface area contributed by atoms with Gasteiger partial charge in [0.25, 0.3) is 0 Å². The summed E-state index contributed by atoms with van der Waals surface area (Å²) >= 11 is 3.04. The molecule has 0 bridgehead atoms. The largest absolute Gasteiger partial charge is 0.367 e. The van der Waals surface area contributed by atoms with Gasteiger partial charge in [-0.05, 0) is 53.2 Å². The molecule has 0 unspecified atom stereocenters. The van der Waals surface area contributed by atoms with Gasteiger partial charge in [0.2, 0.25) is 0 Å². The summed E-state index contributed by atoms with van der Waals surface area (Å²) in [6.07, 6.45) is 0. The maximum absolute atomic E-state index is 14.0. The summed E-state index contributed by atoms with van der Waals surface area (Å²) in [6, 6.07) is 8.49. The summed E-state index contributed by atoms with van der Waals surface area (Å²) in [7, 11) is 0. The van der Waals surface area contributed by atoms with E-state index in [9.17, 15) is 13.2 Å².